The van der Waals surface area contributed by atoms with Gasteiger partial charge in [-0.1, -0.05) is 44.2 Å². The fourth-order valence-corrected chi connectivity index (χ4v) is 5.40. The Hall–Kier alpha value is -6.31. The molecule has 2 amide bonds. The molecule has 0 fully saturated rings. The van der Waals surface area contributed by atoms with Gasteiger partial charge in [0.15, 0.2) is 11.5 Å². The monoisotopic (exact) mass is 727 g/mol. The lowest BCUT2D eigenvalue weighted by Gasteiger charge is -2.20. The number of nitrogens with zero attached hydrogens (tertiary/aromatic N) is 1. The molecule has 3 unspecified atom stereocenters. The third-order valence-corrected chi connectivity index (χ3v) is 8.34. The van der Waals surface area contributed by atoms with E-state index < -0.39 is 77.6 Å². The summed E-state index contributed by atoms with van der Waals surface area (Å²) >= 11 is 0. The van der Waals surface area contributed by atoms with Crippen molar-refractivity contribution >= 4 is 64.2 Å². The first-order valence-corrected chi connectivity index (χ1v) is 16.6. The number of ether oxygens (including phenoxy) is 2. The first-order chi connectivity index (χ1) is 25.2. The maximum atomic E-state index is 13.5. The van der Waals surface area contributed by atoms with Crippen molar-refractivity contribution in [3.05, 3.63) is 95.1 Å². The van der Waals surface area contributed by atoms with E-state index in [1.807, 2.05) is 6.92 Å². The van der Waals surface area contributed by atoms with Crippen LogP contribution < -0.4 is 10.6 Å². The number of methoxy groups -OCH3 is 2. The Morgan fingerprint density at radius 3 is 1.92 bits per heavy atom. The van der Waals surface area contributed by atoms with Crippen molar-refractivity contribution in [2.75, 3.05) is 24.9 Å². The van der Waals surface area contributed by atoms with Crippen LogP contribution in [-0.2, 0) is 44.8 Å². The molecule has 14 nitrogen and oxygen atoms in total. The Labute approximate surface area is 306 Å². The second kappa shape index (κ2) is 19.3. The molecule has 0 saturated carbocycles. The molecule has 0 spiro atoms. The molecule has 0 aliphatic rings. The van der Waals surface area contributed by atoms with Gasteiger partial charge in [0.25, 0.3) is 5.91 Å². The molecule has 3 atom stereocenters. The molecule has 0 saturated heterocycles. The third kappa shape index (κ3) is 11.3. The molecular formula is C39H41N3O11. The summed E-state index contributed by atoms with van der Waals surface area (Å²) in [5, 5.41) is 14.5. The Morgan fingerprint density at radius 2 is 1.38 bits per heavy atom. The molecular weight excluding hydrogens is 686 g/mol. The first kappa shape index (κ1) is 41.1. The largest absolute Gasteiger partial charge is 0.481 e. The highest BCUT2D eigenvalue weighted by Gasteiger charge is 2.33. The van der Waals surface area contributed by atoms with Crippen LogP contribution in [0.15, 0.2) is 77.8 Å². The van der Waals surface area contributed by atoms with Crippen LogP contribution in [0, 0.1) is 11.8 Å². The van der Waals surface area contributed by atoms with E-state index in [1.54, 1.807) is 30.3 Å². The fraction of sp³-hybridized carbons (Fsp3) is 0.308. The van der Waals surface area contributed by atoms with Gasteiger partial charge in [0.1, 0.15) is 17.5 Å². The van der Waals surface area contributed by atoms with Crippen molar-refractivity contribution in [2.45, 2.75) is 52.5 Å². The summed E-state index contributed by atoms with van der Waals surface area (Å²) in [5.41, 5.74) is 1.05. The maximum Gasteiger partial charge on any atom is 0.338 e. The maximum absolute atomic E-state index is 13.5. The Balaban J connectivity index is 1.79. The van der Waals surface area contributed by atoms with Crippen molar-refractivity contribution in [2.24, 2.45) is 16.8 Å². The molecule has 3 N–H and O–H groups in total. The molecule has 14 heteroatoms. The minimum Gasteiger partial charge on any atom is -0.481 e. The van der Waals surface area contributed by atoms with Crippen LogP contribution in [0.1, 0.15) is 77.8 Å². The van der Waals surface area contributed by atoms with E-state index >= 15 is 0 Å². The molecule has 3 aromatic rings. The number of carboxylic acids is 1. The zero-order chi connectivity index (χ0) is 39.2. The van der Waals surface area contributed by atoms with Crippen LogP contribution in [0.25, 0.3) is 0 Å². The second-order valence-corrected chi connectivity index (χ2v) is 12.1. The van der Waals surface area contributed by atoms with E-state index in [4.69, 9.17) is 9.47 Å². The van der Waals surface area contributed by atoms with Crippen molar-refractivity contribution in [1.29, 1.82) is 0 Å². The van der Waals surface area contributed by atoms with Gasteiger partial charge in [0.2, 0.25) is 5.91 Å². The van der Waals surface area contributed by atoms with Crippen molar-refractivity contribution in [1.82, 2.24) is 0 Å². The summed E-state index contributed by atoms with van der Waals surface area (Å²) < 4.78 is 9.51. The number of amides is 2. The molecule has 3 rings (SSSR count). The predicted molar refractivity (Wildman–Crippen MR) is 194 cm³/mol. The highest BCUT2D eigenvalue weighted by atomic mass is 16.5. The highest BCUT2D eigenvalue weighted by molar-refractivity contribution is 6.67. The van der Waals surface area contributed by atoms with Crippen molar-refractivity contribution in [3.8, 4) is 0 Å². The molecule has 53 heavy (non-hydrogen) atoms. The number of carboxylic acid groups (broad SMARTS) is 1. The Morgan fingerprint density at radius 1 is 0.774 bits per heavy atom. The van der Waals surface area contributed by atoms with Gasteiger partial charge < -0.3 is 25.2 Å². The average Bonchev–Trinajstić information content (AvgIpc) is 3.14. The number of ketones is 3. The van der Waals surface area contributed by atoms with Crippen molar-refractivity contribution in [3.63, 3.8) is 0 Å². The van der Waals surface area contributed by atoms with Gasteiger partial charge in [-0.2, -0.15) is 0 Å². The van der Waals surface area contributed by atoms with Gasteiger partial charge in [0.05, 0.1) is 37.8 Å². The van der Waals surface area contributed by atoms with Crippen LogP contribution in [0.3, 0.4) is 0 Å². The number of anilines is 2. The van der Waals surface area contributed by atoms with Gasteiger partial charge in [0, 0.05) is 37.1 Å². The number of carbonyl (C=O) groups is 8. The van der Waals surface area contributed by atoms with E-state index in [2.05, 4.69) is 15.6 Å². The number of rotatable bonds is 18. The smallest absolute Gasteiger partial charge is 0.338 e. The zero-order valence-corrected chi connectivity index (χ0v) is 30.0. The number of aliphatic carboxylic acids is 1. The standard InChI is InChI=1S/C39H41N3O11/c1-6-29(24-10-8-7-9-11-24)33(45)20-31(32(44)18-22(2)37(48)49)35(46)41-27-13-15-28(16-14-27)42-36(47)34(23(3)43)40-21-26-19-25(38(50)52-4)12-17-30(26)39(51)53-5/h7-17,19,22,29,31H,6,18,20-21H2,1-5H3,(H,41,46)(H,42,47)(H,48,49). The Bertz CT molecular complexity index is 1900. The van der Waals surface area contributed by atoms with E-state index in [0.29, 0.717) is 6.42 Å². The lowest BCUT2D eigenvalue weighted by molar-refractivity contribution is -0.144. The molecule has 0 aromatic heterocycles. The molecule has 0 heterocycles. The van der Waals surface area contributed by atoms with Gasteiger partial charge in [-0.25, -0.2) is 9.59 Å². The molecule has 0 radical (unpaired) electrons. The normalized spacial score (nSPS) is 12.7. The number of hydrogen-bond donors (Lipinski definition) is 3. The van der Waals surface area contributed by atoms with Gasteiger partial charge in [-0.05, 0) is 60.0 Å². The summed E-state index contributed by atoms with van der Waals surface area (Å²) in [7, 11) is 2.36. The van der Waals surface area contributed by atoms with Crippen LogP contribution in [0.5, 0.6) is 0 Å². The number of nitrogens with one attached hydrogen (secondary N) is 2. The van der Waals surface area contributed by atoms with Crippen molar-refractivity contribution < 1.29 is 52.9 Å². The van der Waals surface area contributed by atoms with Gasteiger partial charge in [-0.3, -0.25) is 33.8 Å². The fourth-order valence-electron chi connectivity index (χ4n) is 5.40. The molecule has 0 aliphatic carbocycles. The molecule has 278 valence electrons. The number of aliphatic imine (C=N–C) groups is 1. The minimum atomic E-state index is -1.45. The summed E-state index contributed by atoms with van der Waals surface area (Å²) in [4.78, 5) is 106. The molecule has 0 bridgehead atoms. The SMILES string of the molecule is CCC(C(=O)CC(C(=O)CC(C)C(=O)O)C(=O)Nc1ccc(NC(=O)C(=NCc2cc(C(=O)OC)ccc2C(=O)OC)C(C)=O)cc1)c1ccccc1. The lowest BCUT2D eigenvalue weighted by atomic mass is 9.84. The van der Waals surface area contributed by atoms with Crippen LogP contribution in [-0.4, -0.2) is 72.1 Å². The van der Waals surface area contributed by atoms with Gasteiger partial charge >= 0.3 is 17.9 Å². The van der Waals surface area contributed by atoms with E-state index in [9.17, 15) is 43.5 Å². The van der Waals surface area contributed by atoms with Gasteiger partial charge in [-0.15, -0.1) is 0 Å². The molecule has 0 aliphatic heterocycles. The quantitative estimate of drug-likeness (QED) is 0.0919. The first-order valence-electron chi connectivity index (χ1n) is 16.6. The van der Waals surface area contributed by atoms with Crippen LogP contribution in [0.2, 0.25) is 0 Å². The number of benzene rings is 3. The summed E-state index contributed by atoms with van der Waals surface area (Å²) in [6.45, 7) is 3.95. The Kier molecular flexibility index (Phi) is 15.0. The highest BCUT2D eigenvalue weighted by Crippen LogP contribution is 2.26. The summed E-state index contributed by atoms with van der Waals surface area (Å²) in [5.74, 6) is -9.09. The summed E-state index contributed by atoms with van der Waals surface area (Å²) in [6, 6.07) is 18.7. The zero-order valence-electron chi connectivity index (χ0n) is 30.0. The summed E-state index contributed by atoms with van der Waals surface area (Å²) in [6.07, 6.45) is -0.453. The minimum absolute atomic E-state index is 0.0657. The number of carbonyl (C=O) groups excluding carboxylic acids is 7. The van der Waals surface area contributed by atoms with E-state index in [1.165, 1.54) is 63.6 Å². The van der Waals surface area contributed by atoms with Crippen LogP contribution >= 0.6 is 0 Å². The third-order valence-electron chi connectivity index (χ3n) is 8.34. The van der Waals surface area contributed by atoms with E-state index in [0.717, 1.165) is 12.5 Å². The number of Topliss-reactive ketones (excluding diaryl/α,β-unsaturated/α-hetero) is 3. The number of hydrogen-bond acceptors (Lipinski definition) is 11. The number of esters is 2. The predicted octanol–water partition coefficient (Wildman–Crippen LogP) is 4.82. The van der Waals surface area contributed by atoms with Crippen LogP contribution in [0.4, 0.5) is 11.4 Å². The second-order valence-electron chi connectivity index (χ2n) is 12.1. The molecule has 3 aromatic carbocycles. The topological polar surface area (TPSA) is 212 Å². The lowest BCUT2D eigenvalue weighted by Crippen LogP contribution is -2.34. The average molecular weight is 728 g/mol. The van der Waals surface area contributed by atoms with E-state index in [-0.39, 0.29) is 40.4 Å².